The SMILES string of the molecule is CCCCCCC1CCC(c2ccc(C#Cc3ccc4c(F)c(CCCC)ccc4c3)cc2)CC1. The molecule has 0 spiro atoms. The molecule has 0 aliphatic heterocycles. The number of unbranched alkanes of at least 4 members (excludes halogenated alkanes) is 4. The van der Waals surface area contributed by atoms with E-state index in [0.29, 0.717) is 11.3 Å². The van der Waals surface area contributed by atoms with Gasteiger partial charge in [0.15, 0.2) is 0 Å². The maximum absolute atomic E-state index is 14.8. The first-order valence-corrected chi connectivity index (χ1v) is 14.0. The van der Waals surface area contributed by atoms with E-state index in [9.17, 15) is 4.39 Å². The molecule has 0 unspecified atom stereocenters. The van der Waals surface area contributed by atoms with Crippen molar-refractivity contribution in [1.82, 2.24) is 0 Å². The molecule has 4 rings (SSSR count). The van der Waals surface area contributed by atoms with Crippen LogP contribution in [0.3, 0.4) is 0 Å². The zero-order chi connectivity index (χ0) is 24.5. The van der Waals surface area contributed by atoms with Crippen LogP contribution in [0.5, 0.6) is 0 Å². The van der Waals surface area contributed by atoms with Crippen molar-refractivity contribution in [3.63, 3.8) is 0 Å². The molecule has 1 saturated carbocycles. The van der Waals surface area contributed by atoms with Gasteiger partial charge in [-0.3, -0.25) is 0 Å². The van der Waals surface area contributed by atoms with Crippen LogP contribution in [-0.2, 0) is 6.42 Å². The highest BCUT2D eigenvalue weighted by atomic mass is 19.1. The molecule has 184 valence electrons. The van der Waals surface area contributed by atoms with Gasteiger partial charge in [0.05, 0.1) is 0 Å². The summed E-state index contributed by atoms with van der Waals surface area (Å²) in [6.07, 6.45) is 15.3. The van der Waals surface area contributed by atoms with Gasteiger partial charge in [-0.2, -0.15) is 0 Å². The van der Waals surface area contributed by atoms with Crippen molar-refractivity contribution in [3.8, 4) is 11.8 Å². The van der Waals surface area contributed by atoms with Crippen molar-refractivity contribution in [2.24, 2.45) is 5.92 Å². The molecule has 0 amide bonds. The highest BCUT2D eigenvalue weighted by molar-refractivity contribution is 5.85. The van der Waals surface area contributed by atoms with Gasteiger partial charge in [0, 0.05) is 16.5 Å². The molecule has 0 atom stereocenters. The summed E-state index contributed by atoms with van der Waals surface area (Å²) >= 11 is 0. The van der Waals surface area contributed by atoms with Crippen molar-refractivity contribution in [3.05, 3.63) is 82.7 Å². The smallest absolute Gasteiger partial charge is 0.134 e. The average Bonchev–Trinajstić information content (AvgIpc) is 2.90. The molecule has 3 aromatic carbocycles. The van der Waals surface area contributed by atoms with E-state index in [1.165, 1.54) is 63.4 Å². The second kappa shape index (κ2) is 12.9. The van der Waals surface area contributed by atoms with Gasteiger partial charge >= 0.3 is 0 Å². The Kier molecular flexibility index (Phi) is 9.42. The summed E-state index contributed by atoms with van der Waals surface area (Å²) in [4.78, 5) is 0. The third kappa shape index (κ3) is 6.98. The van der Waals surface area contributed by atoms with Crippen molar-refractivity contribution in [2.75, 3.05) is 0 Å². The van der Waals surface area contributed by atoms with Gasteiger partial charge in [-0.15, -0.1) is 0 Å². The number of hydrogen-bond donors (Lipinski definition) is 0. The largest absolute Gasteiger partial charge is 0.206 e. The number of hydrogen-bond acceptors (Lipinski definition) is 0. The maximum atomic E-state index is 14.8. The van der Waals surface area contributed by atoms with Crippen LogP contribution in [0.1, 0.15) is 113 Å². The fourth-order valence-electron chi connectivity index (χ4n) is 5.60. The van der Waals surface area contributed by atoms with E-state index in [2.05, 4.69) is 50.0 Å². The van der Waals surface area contributed by atoms with Crippen LogP contribution in [0.2, 0.25) is 0 Å². The van der Waals surface area contributed by atoms with Crippen LogP contribution < -0.4 is 0 Å². The van der Waals surface area contributed by atoms with E-state index in [1.807, 2.05) is 30.3 Å². The van der Waals surface area contributed by atoms with Crippen LogP contribution in [0, 0.1) is 23.6 Å². The minimum absolute atomic E-state index is 0.0726. The van der Waals surface area contributed by atoms with E-state index < -0.39 is 0 Å². The molecule has 1 aliphatic carbocycles. The fraction of sp³-hybridized carbons (Fsp3) is 0.471. The minimum Gasteiger partial charge on any atom is -0.206 e. The lowest BCUT2D eigenvalue weighted by Crippen LogP contribution is -2.13. The summed E-state index contributed by atoms with van der Waals surface area (Å²) in [5, 5.41) is 1.62. The third-order valence-electron chi connectivity index (χ3n) is 7.88. The second-order valence-corrected chi connectivity index (χ2v) is 10.5. The van der Waals surface area contributed by atoms with E-state index in [4.69, 9.17) is 0 Å². The van der Waals surface area contributed by atoms with Crippen LogP contribution in [0.25, 0.3) is 10.8 Å². The number of halogens is 1. The summed E-state index contributed by atoms with van der Waals surface area (Å²) in [5.74, 6) is 8.18. The molecule has 0 saturated heterocycles. The quantitative estimate of drug-likeness (QED) is 0.216. The number of benzene rings is 3. The van der Waals surface area contributed by atoms with Crippen LogP contribution in [0.4, 0.5) is 4.39 Å². The Balaban J connectivity index is 1.35. The maximum Gasteiger partial charge on any atom is 0.134 e. The molecule has 0 bridgehead atoms. The lowest BCUT2D eigenvalue weighted by atomic mass is 9.77. The van der Waals surface area contributed by atoms with Gasteiger partial charge in [-0.25, -0.2) is 4.39 Å². The standard InChI is InChI=1S/C34H41F/c1-3-5-7-8-9-26-13-18-29(19-14-26)30-20-15-27(16-21-30)11-12-28-17-24-33-32(25-28)23-22-31(34(33)35)10-6-4-2/h15-17,20-26,29H,3-10,13-14,18-19H2,1-2H3. The van der Waals surface area contributed by atoms with Crippen molar-refractivity contribution >= 4 is 10.8 Å². The van der Waals surface area contributed by atoms with Crippen molar-refractivity contribution < 1.29 is 4.39 Å². The topological polar surface area (TPSA) is 0 Å². The zero-order valence-corrected chi connectivity index (χ0v) is 21.7. The van der Waals surface area contributed by atoms with Gasteiger partial charge in [0.2, 0.25) is 0 Å². The molecular weight excluding hydrogens is 427 g/mol. The van der Waals surface area contributed by atoms with Crippen molar-refractivity contribution in [1.29, 1.82) is 0 Å². The Morgan fingerprint density at radius 1 is 0.743 bits per heavy atom. The first-order valence-electron chi connectivity index (χ1n) is 14.0. The molecule has 0 heterocycles. The number of aryl methyl sites for hydroxylation is 1. The molecule has 3 aromatic rings. The molecule has 35 heavy (non-hydrogen) atoms. The first kappa shape index (κ1) is 25.5. The number of rotatable bonds is 9. The number of fused-ring (bicyclic) bond motifs is 1. The molecule has 1 fully saturated rings. The predicted molar refractivity (Wildman–Crippen MR) is 148 cm³/mol. The Morgan fingerprint density at radius 2 is 1.46 bits per heavy atom. The fourth-order valence-corrected chi connectivity index (χ4v) is 5.60. The van der Waals surface area contributed by atoms with Crippen LogP contribution in [-0.4, -0.2) is 0 Å². The first-order chi connectivity index (χ1) is 17.2. The summed E-state index contributed by atoms with van der Waals surface area (Å²) in [6.45, 7) is 4.43. The summed E-state index contributed by atoms with van der Waals surface area (Å²) < 4.78 is 14.8. The molecule has 0 nitrogen and oxygen atoms in total. The normalized spacial score (nSPS) is 17.8. The lowest BCUT2D eigenvalue weighted by molar-refractivity contribution is 0.302. The molecule has 0 aromatic heterocycles. The van der Waals surface area contributed by atoms with Crippen LogP contribution in [0.15, 0.2) is 54.6 Å². The zero-order valence-electron chi connectivity index (χ0n) is 21.7. The second-order valence-electron chi connectivity index (χ2n) is 10.5. The molecule has 1 heteroatoms. The lowest BCUT2D eigenvalue weighted by Gasteiger charge is -2.29. The van der Waals surface area contributed by atoms with Gasteiger partial charge in [-0.05, 0) is 91.1 Å². The monoisotopic (exact) mass is 468 g/mol. The van der Waals surface area contributed by atoms with E-state index in [0.717, 1.165) is 47.3 Å². The highest BCUT2D eigenvalue weighted by Gasteiger charge is 2.21. The van der Waals surface area contributed by atoms with E-state index in [-0.39, 0.29) is 5.82 Å². The summed E-state index contributed by atoms with van der Waals surface area (Å²) in [6, 6.07) is 18.7. The molecule has 0 N–H and O–H groups in total. The minimum atomic E-state index is -0.0726. The van der Waals surface area contributed by atoms with Gasteiger partial charge < -0.3 is 0 Å². The summed E-state index contributed by atoms with van der Waals surface area (Å²) in [7, 11) is 0. The highest BCUT2D eigenvalue weighted by Crippen LogP contribution is 2.37. The molecular formula is C34H41F. The van der Waals surface area contributed by atoms with Gasteiger partial charge in [-0.1, -0.05) is 94.5 Å². The third-order valence-corrected chi connectivity index (χ3v) is 7.88. The van der Waals surface area contributed by atoms with E-state index in [1.54, 1.807) is 0 Å². The summed E-state index contributed by atoms with van der Waals surface area (Å²) in [5.41, 5.74) is 4.26. The molecule has 1 aliphatic rings. The Morgan fingerprint density at radius 3 is 2.20 bits per heavy atom. The van der Waals surface area contributed by atoms with Gasteiger partial charge in [0.1, 0.15) is 5.82 Å². The van der Waals surface area contributed by atoms with Crippen molar-refractivity contribution in [2.45, 2.75) is 96.8 Å². The van der Waals surface area contributed by atoms with E-state index >= 15 is 0 Å². The Labute approximate surface area is 212 Å². The van der Waals surface area contributed by atoms with Crippen LogP contribution >= 0.6 is 0 Å². The Hall–Kier alpha value is -2.59. The predicted octanol–water partition coefficient (Wildman–Crippen LogP) is 9.97. The molecule has 0 radical (unpaired) electrons. The average molecular weight is 469 g/mol. The van der Waals surface area contributed by atoms with Gasteiger partial charge in [0.25, 0.3) is 0 Å². The Bertz CT molecular complexity index is 1140.